The van der Waals surface area contributed by atoms with Crippen LogP contribution < -0.4 is 0 Å². The van der Waals surface area contributed by atoms with Crippen LogP contribution in [0, 0.1) is 0 Å². The lowest BCUT2D eigenvalue weighted by Crippen LogP contribution is -2.40. The molecule has 0 heterocycles. The van der Waals surface area contributed by atoms with Crippen molar-refractivity contribution in [2.24, 2.45) is 10.2 Å². The fourth-order valence-electron chi connectivity index (χ4n) is 1.84. The van der Waals surface area contributed by atoms with Crippen LogP contribution in [-0.4, -0.2) is 51.3 Å². The highest BCUT2D eigenvalue weighted by atomic mass is 28.3. The van der Waals surface area contributed by atoms with Gasteiger partial charge in [0.1, 0.15) is 0 Å². The minimum absolute atomic E-state index is 0.771. The predicted molar refractivity (Wildman–Crippen MR) is 113 cm³/mol. The summed E-state index contributed by atoms with van der Waals surface area (Å²) in [6.07, 6.45) is 0.771. The van der Waals surface area contributed by atoms with Gasteiger partial charge in [-0.3, -0.25) is 0 Å². The first kappa shape index (κ1) is 20.6. The molecule has 0 N–H and O–H groups in total. The Morgan fingerprint density at radius 3 is 1.75 bits per heavy atom. The summed E-state index contributed by atoms with van der Waals surface area (Å²) in [5.41, 5.74) is 3.37. The minimum atomic E-state index is -1.47. The molecule has 0 aromatic heterocycles. The van der Waals surface area contributed by atoms with E-state index in [0.29, 0.717) is 0 Å². The number of benzene rings is 1. The molecule has 24 heavy (non-hydrogen) atoms. The van der Waals surface area contributed by atoms with Crippen molar-refractivity contribution in [1.82, 2.24) is 9.35 Å². The van der Waals surface area contributed by atoms with Gasteiger partial charge in [0, 0.05) is 26.2 Å². The maximum absolute atomic E-state index is 4.95. The molecule has 0 amide bonds. The number of hydrogen-bond acceptors (Lipinski definition) is 4. The van der Waals surface area contributed by atoms with Crippen LogP contribution in [0.5, 0.6) is 0 Å². The lowest BCUT2D eigenvalue weighted by Gasteiger charge is -2.29. The van der Waals surface area contributed by atoms with Crippen LogP contribution in [0.4, 0.5) is 0 Å². The smallest absolute Gasteiger partial charge is 0.168 e. The maximum atomic E-state index is 4.95. The standard InChI is InChI=1S/C18H34N4Si2/c1-16(19-21(2)23(4,5)6)15-18(17-13-11-10-12-14-17)20-22(3)24(7,8)9/h10-14H,15H2,1-9H3/b19-16+,20-18+. The normalized spacial score (nSPS) is 13.9. The Bertz CT molecular complexity index is 583. The van der Waals surface area contributed by atoms with E-state index in [9.17, 15) is 0 Å². The fraction of sp³-hybridized carbons (Fsp3) is 0.556. The largest absolute Gasteiger partial charge is 0.328 e. The molecule has 6 heteroatoms. The van der Waals surface area contributed by atoms with Crippen molar-refractivity contribution in [3.05, 3.63) is 35.9 Å². The molecule has 0 aliphatic heterocycles. The lowest BCUT2D eigenvalue weighted by molar-refractivity contribution is 0.543. The highest BCUT2D eigenvalue weighted by Crippen LogP contribution is 2.13. The van der Waals surface area contributed by atoms with Crippen LogP contribution in [0.25, 0.3) is 0 Å². The van der Waals surface area contributed by atoms with E-state index in [1.807, 2.05) is 6.07 Å². The second-order valence-electron chi connectivity index (χ2n) is 8.31. The van der Waals surface area contributed by atoms with Gasteiger partial charge in [-0.25, -0.2) is 0 Å². The van der Waals surface area contributed by atoms with Gasteiger partial charge in [0.25, 0.3) is 0 Å². The van der Waals surface area contributed by atoms with Crippen LogP contribution in [-0.2, 0) is 0 Å². The molecule has 1 rings (SSSR count). The third-order valence-electron chi connectivity index (χ3n) is 4.06. The SMILES string of the molecule is C/C(C/C(=N\N(C)[Si](C)(C)C)c1ccccc1)=N\N(C)[Si](C)(C)C. The lowest BCUT2D eigenvalue weighted by atomic mass is 10.1. The molecular formula is C18H34N4Si2. The molecule has 0 aliphatic rings. The average molecular weight is 363 g/mol. The Morgan fingerprint density at radius 1 is 0.833 bits per heavy atom. The quantitative estimate of drug-likeness (QED) is 0.400. The monoisotopic (exact) mass is 362 g/mol. The van der Waals surface area contributed by atoms with Crippen LogP contribution >= 0.6 is 0 Å². The van der Waals surface area contributed by atoms with Gasteiger partial charge in [-0.15, -0.1) is 0 Å². The molecule has 0 unspecified atom stereocenters. The van der Waals surface area contributed by atoms with Crippen LogP contribution in [0.2, 0.25) is 39.3 Å². The molecule has 0 bridgehead atoms. The van der Waals surface area contributed by atoms with Gasteiger partial charge >= 0.3 is 0 Å². The van der Waals surface area contributed by atoms with Crippen molar-refractivity contribution in [1.29, 1.82) is 0 Å². The number of nitrogens with zero attached hydrogens (tertiary/aromatic N) is 4. The van der Waals surface area contributed by atoms with Crippen molar-refractivity contribution in [2.45, 2.75) is 52.6 Å². The first-order valence-electron chi connectivity index (χ1n) is 8.56. The maximum Gasteiger partial charge on any atom is 0.168 e. The predicted octanol–water partition coefficient (Wildman–Crippen LogP) is 4.69. The van der Waals surface area contributed by atoms with Crippen molar-refractivity contribution in [3.8, 4) is 0 Å². The summed E-state index contributed by atoms with van der Waals surface area (Å²) in [6, 6.07) is 10.4. The summed E-state index contributed by atoms with van der Waals surface area (Å²) in [7, 11) is 1.30. The first-order chi connectivity index (χ1) is 10.9. The molecule has 0 radical (unpaired) electrons. The Hall–Kier alpha value is -1.41. The Kier molecular flexibility index (Phi) is 6.98. The molecule has 0 atom stereocenters. The summed E-state index contributed by atoms with van der Waals surface area (Å²) >= 11 is 0. The number of hydrazone groups is 2. The van der Waals surface area contributed by atoms with E-state index < -0.39 is 16.5 Å². The third kappa shape index (κ3) is 6.61. The van der Waals surface area contributed by atoms with Crippen molar-refractivity contribution < 1.29 is 0 Å². The van der Waals surface area contributed by atoms with Crippen LogP contribution in [0.1, 0.15) is 18.9 Å². The molecular weight excluding hydrogens is 328 g/mol. The number of hydrogen-bond donors (Lipinski definition) is 0. The van der Waals surface area contributed by atoms with Crippen LogP contribution in [0.3, 0.4) is 0 Å². The molecule has 0 spiro atoms. The second-order valence-corrected chi connectivity index (χ2v) is 18.3. The van der Waals surface area contributed by atoms with Crippen molar-refractivity contribution >= 4 is 27.9 Å². The molecule has 0 fully saturated rings. The van der Waals surface area contributed by atoms with E-state index in [2.05, 4.69) is 93.9 Å². The van der Waals surface area contributed by atoms with E-state index >= 15 is 0 Å². The van der Waals surface area contributed by atoms with Gasteiger partial charge in [0.2, 0.25) is 0 Å². The fourth-order valence-corrected chi connectivity index (χ4v) is 2.73. The molecule has 0 aliphatic carbocycles. The van der Waals surface area contributed by atoms with E-state index in [1.54, 1.807) is 0 Å². The Morgan fingerprint density at radius 2 is 1.29 bits per heavy atom. The Labute approximate surface area is 150 Å². The van der Waals surface area contributed by atoms with Gasteiger partial charge in [-0.05, 0) is 12.5 Å². The van der Waals surface area contributed by atoms with Crippen molar-refractivity contribution in [3.63, 3.8) is 0 Å². The molecule has 0 saturated heterocycles. The first-order valence-corrected chi connectivity index (χ1v) is 15.5. The van der Waals surface area contributed by atoms with Gasteiger partial charge in [-0.2, -0.15) is 10.2 Å². The molecule has 134 valence electrons. The van der Waals surface area contributed by atoms with Gasteiger partial charge in [0.15, 0.2) is 16.5 Å². The summed E-state index contributed by atoms with van der Waals surface area (Å²) in [5.74, 6) is 0. The summed E-state index contributed by atoms with van der Waals surface area (Å²) in [6.45, 7) is 15.9. The topological polar surface area (TPSA) is 31.2 Å². The summed E-state index contributed by atoms with van der Waals surface area (Å²) < 4.78 is 4.33. The summed E-state index contributed by atoms with van der Waals surface area (Å²) in [5, 5.41) is 9.76. The van der Waals surface area contributed by atoms with E-state index in [-0.39, 0.29) is 0 Å². The zero-order chi connectivity index (χ0) is 18.5. The zero-order valence-corrected chi connectivity index (χ0v) is 18.9. The molecule has 1 aromatic carbocycles. The second kappa shape index (κ2) is 8.11. The highest BCUT2D eigenvalue weighted by molar-refractivity contribution is 6.73. The van der Waals surface area contributed by atoms with Gasteiger partial charge < -0.3 is 9.35 Å². The Balaban J connectivity index is 3.12. The van der Waals surface area contributed by atoms with E-state index in [0.717, 1.165) is 17.8 Å². The minimum Gasteiger partial charge on any atom is -0.328 e. The zero-order valence-electron chi connectivity index (χ0n) is 16.9. The highest BCUT2D eigenvalue weighted by Gasteiger charge is 2.21. The van der Waals surface area contributed by atoms with Gasteiger partial charge in [0.05, 0.1) is 5.71 Å². The summed E-state index contributed by atoms with van der Waals surface area (Å²) in [4.78, 5) is 0. The van der Waals surface area contributed by atoms with Crippen molar-refractivity contribution in [2.75, 3.05) is 14.1 Å². The molecule has 4 nitrogen and oxygen atoms in total. The molecule has 0 saturated carbocycles. The van der Waals surface area contributed by atoms with E-state index in [1.165, 1.54) is 5.56 Å². The van der Waals surface area contributed by atoms with Crippen LogP contribution in [0.15, 0.2) is 40.5 Å². The molecule has 1 aromatic rings. The average Bonchev–Trinajstić information content (AvgIpc) is 2.45. The van der Waals surface area contributed by atoms with Gasteiger partial charge in [-0.1, -0.05) is 69.6 Å². The van der Waals surface area contributed by atoms with E-state index in [4.69, 9.17) is 10.2 Å². The third-order valence-corrected chi connectivity index (χ3v) is 8.15. The number of rotatable bonds is 7.